The fourth-order valence-corrected chi connectivity index (χ4v) is 4.30. The molecule has 4 rings (SSSR count). The molecule has 6 heteroatoms. The maximum Gasteiger partial charge on any atom is 0.337 e. The van der Waals surface area contributed by atoms with Crippen LogP contribution in [0.4, 0.5) is 5.69 Å². The number of halogens is 1. The average Bonchev–Trinajstić information content (AvgIpc) is 2.85. The number of nitrogens with one attached hydrogen (secondary N) is 2. The summed E-state index contributed by atoms with van der Waals surface area (Å²) in [7, 11) is 0. The molecule has 2 aliphatic heterocycles. The Kier molecular flexibility index (Phi) is 5.62. The van der Waals surface area contributed by atoms with Crippen molar-refractivity contribution in [2.24, 2.45) is 0 Å². The van der Waals surface area contributed by atoms with Crippen molar-refractivity contribution in [3.05, 3.63) is 76.5 Å². The van der Waals surface area contributed by atoms with Crippen molar-refractivity contribution in [1.29, 1.82) is 0 Å². The van der Waals surface area contributed by atoms with Gasteiger partial charge in [-0.1, -0.05) is 41.9 Å². The number of para-hydroxylation sites is 1. The van der Waals surface area contributed by atoms with Gasteiger partial charge in [-0.25, -0.2) is 10.2 Å². The molecule has 2 aliphatic rings. The van der Waals surface area contributed by atoms with Crippen molar-refractivity contribution in [3.63, 3.8) is 0 Å². The Morgan fingerprint density at radius 1 is 1.03 bits per heavy atom. The van der Waals surface area contributed by atoms with E-state index in [0.717, 1.165) is 48.5 Å². The number of rotatable bonds is 3. The normalized spacial score (nSPS) is 21.9. The van der Waals surface area contributed by atoms with Crippen molar-refractivity contribution >= 4 is 23.3 Å². The highest BCUT2D eigenvalue weighted by atomic mass is 35.5. The van der Waals surface area contributed by atoms with E-state index >= 15 is 0 Å². The van der Waals surface area contributed by atoms with Gasteiger partial charge in [-0.3, -0.25) is 5.01 Å². The first kappa shape index (κ1) is 20.9. The second-order valence-electron chi connectivity index (χ2n) is 8.72. The van der Waals surface area contributed by atoms with Crippen LogP contribution in [0, 0.1) is 0 Å². The Labute approximate surface area is 183 Å². The molecular weight excluding hydrogens is 398 g/mol. The molecule has 0 fully saturated rings. The molecule has 0 radical (unpaired) electrons. The quantitative estimate of drug-likeness (QED) is 0.707. The van der Waals surface area contributed by atoms with Gasteiger partial charge < -0.3 is 10.1 Å². The lowest BCUT2D eigenvalue weighted by Gasteiger charge is -2.35. The Morgan fingerprint density at radius 3 is 2.37 bits per heavy atom. The number of hydrogen-bond acceptors (Lipinski definition) is 5. The van der Waals surface area contributed by atoms with Crippen LogP contribution in [-0.2, 0) is 15.1 Å². The molecule has 0 saturated heterocycles. The Hall–Kier alpha value is -2.34. The minimum absolute atomic E-state index is 0.301. The largest absolute Gasteiger partial charge is 0.458 e. The van der Waals surface area contributed by atoms with E-state index in [9.17, 15) is 4.79 Å². The van der Waals surface area contributed by atoms with E-state index in [-0.39, 0.29) is 5.97 Å². The van der Waals surface area contributed by atoms with E-state index in [2.05, 4.69) is 15.8 Å². The van der Waals surface area contributed by atoms with Crippen LogP contribution >= 0.6 is 11.6 Å². The number of anilines is 1. The SMILES string of the molecule is CC(C)(C)OC(=O)C1(c2ccc(Cl)cc2)NN(c2ccccc2)C2=C1CCNCC2. The number of carbonyl (C=O) groups is 1. The van der Waals surface area contributed by atoms with E-state index in [1.807, 2.05) is 75.4 Å². The van der Waals surface area contributed by atoms with E-state index in [4.69, 9.17) is 16.3 Å². The molecule has 2 aromatic rings. The maximum atomic E-state index is 13.8. The number of nitrogens with zero attached hydrogens (tertiary/aromatic N) is 1. The van der Waals surface area contributed by atoms with Crippen molar-refractivity contribution < 1.29 is 9.53 Å². The predicted molar refractivity (Wildman–Crippen MR) is 120 cm³/mol. The third-order valence-corrected chi connectivity index (χ3v) is 5.69. The lowest BCUT2D eigenvalue weighted by atomic mass is 9.81. The fourth-order valence-electron chi connectivity index (χ4n) is 4.17. The summed E-state index contributed by atoms with van der Waals surface area (Å²) in [5.74, 6) is -0.301. The molecule has 1 atom stereocenters. The smallest absolute Gasteiger partial charge is 0.337 e. The van der Waals surface area contributed by atoms with Gasteiger partial charge in [0, 0.05) is 23.7 Å². The summed E-state index contributed by atoms with van der Waals surface area (Å²) in [6.07, 6.45) is 1.56. The van der Waals surface area contributed by atoms with Crippen molar-refractivity contribution in [1.82, 2.24) is 10.7 Å². The summed E-state index contributed by atoms with van der Waals surface area (Å²) >= 11 is 6.17. The predicted octanol–water partition coefficient (Wildman–Crippen LogP) is 4.54. The molecule has 0 bridgehead atoms. The zero-order valence-electron chi connectivity index (χ0n) is 17.7. The minimum Gasteiger partial charge on any atom is -0.458 e. The number of esters is 1. The number of hydrazine groups is 1. The number of carbonyl (C=O) groups excluding carboxylic acids is 1. The zero-order valence-corrected chi connectivity index (χ0v) is 18.4. The van der Waals surface area contributed by atoms with Gasteiger partial charge >= 0.3 is 5.97 Å². The van der Waals surface area contributed by atoms with Crippen LogP contribution in [0.25, 0.3) is 0 Å². The van der Waals surface area contributed by atoms with Gasteiger partial charge in [0.1, 0.15) is 5.60 Å². The summed E-state index contributed by atoms with van der Waals surface area (Å²) in [5, 5.41) is 6.15. The summed E-state index contributed by atoms with van der Waals surface area (Å²) in [4.78, 5) is 13.8. The molecule has 0 saturated carbocycles. The third-order valence-electron chi connectivity index (χ3n) is 5.44. The first-order valence-electron chi connectivity index (χ1n) is 10.4. The topological polar surface area (TPSA) is 53.6 Å². The van der Waals surface area contributed by atoms with E-state index in [1.54, 1.807) is 0 Å². The van der Waals surface area contributed by atoms with Gasteiger partial charge in [0.25, 0.3) is 0 Å². The van der Waals surface area contributed by atoms with Crippen LogP contribution in [0.5, 0.6) is 0 Å². The highest BCUT2D eigenvalue weighted by Gasteiger charge is 2.53. The van der Waals surface area contributed by atoms with Gasteiger partial charge in [0.2, 0.25) is 0 Å². The lowest BCUT2D eigenvalue weighted by molar-refractivity contribution is -0.161. The van der Waals surface area contributed by atoms with Crippen molar-refractivity contribution in [3.8, 4) is 0 Å². The van der Waals surface area contributed by atoms with E-state index in [0.29, 0.717) is 5.02 Å². The molecule has 30 heavy (non-hydrogen) atoms. The van der Waals surface area contributed by atoms with Crippen LogP contribution in [-0.4, -0.2) is 24.7 Å². The van der Waals surface area contributed by atoms with Gasteiger partial charge in [0.05, 0.1) is 5.69 Å². The molecule has 2 N–H and O–H groups in total. The first-order chi connectivity index (χ1) is 14.3. The highest BCUT2D eigenvalue weighted by Crippen LogP contribution is 2.45. The monoisotopic (exact) mass is 425 g/mol. The van der Waals surface area contributed by atoms with Gasteiger partial charge in [-0.05, 0) is 69.1 Å². The lowest BCUT2D eigenvalue weighted by Crippen LogP contribution is -2.54. The minimum atomic E-state index is -1.10. The molecule has 2 heterocycles. The van der Waals surface area contributed by atoms with E-state index < -0.39 is 11.1 Å². The van der Waals surface area contributed by atoms with Gasteiger partial charge in [-0.2, -0.15) is 0 Å². The molecule has 158 valence electrons. The highest BCUT2D eigenvalue weighted by molar-refractivity contribution is 6.30. The van der Waals surface area contributed by atoms with Crippen LogP contribution in [0.15, 0.2) is 65.9 Å². The summed E-state index contributed by atoms with van der Waals surface area (Å²) in [6, 6.07) is 17.6. The summed E-state index contributed by atoms with van der Waals surface area (Å²) in [6.45, 7) is 7.35. The Balaban J connectivity index is 1.90. The number of ether oxygens (including phenoxy) is 1. The second kappa shape index (κ2) is 8.06. The molecule has 0 aliphatic carbocycles. The van der Waals surface area contributed by atoms with Gasteiger partial charge in [0.15, 0.2) is 5.54 Å². The molecule has 0 spiro atoms. The van der Waals surface area contributed by atoms with E-state index in [1.165, 1.54) is 0 Å². The number of benzene rings is 2. The summed E-state index contributed by atoms with van der Waals surface area (Å²) < 4.78 is 5.97. The average molecular weight is 426 g/mol. The standard InChI is InChI=1S/C24H28ClN3O2/c1-23(2,3)30-22(29)24(17-9-11-18(25)12-10-17)20-13-15-26-16-14-21(20)28(27-24)19-7-5-4-6-8-19/h4-12,26-27H,13-16H2,1-3H3. The zero-order chi connectivity index (χ0) is 21.4. The fraction of sp³-hybridized carbons (Fsp3) is 0.375. The second-order valence-corrected chi connectivity index (χ2v) is 9.15. The molecule has 0 aromatic heterocycles. The molecule has 5 nitrogen and oxygen atoms in total. The Morgan fingerprint density at radius 2 is 1.70 bits per heavy atom. The molecular formula is C24H28ClN3O2. The van der Waals surface area contributed by atoms with Crippen LogP contribution < -0.4 is 15.8 Å². The summed E-state index contributed by atoms with van der Waals surface area (Å²) in [5.41, 5.74) is 5.84. The molecule has 2 aromatic carbocycles. The van der Waals surface area contributed by atoms with Crippen LogP contribution in [0.3, 0.4) is 0 Å². The van der Waals surface area contributed by atoms with Crippen molar-refractivity contribution in [2.45, 2.75) is 44.8 Å². The molecule has 1 unspecified atom stereocenters. The van der Waals surface area contributed by atoms with Crippen LogP contribution in [0.1, 0.15) is 39.2 Å². The third kappa shape index (κ3) is 3.85. The maximum absolute atomic E-state index is 13.8. The number of hydrogen-bond donors (Lipinski definition) is 2. The van der Waals surface area contributed by atoms with Crippen molar-refractivity contribution in [2.75, 3.05) is 18.1 Å². The van der Waals surface area contributed by atoms with Gasteiger partial charge in [-0.15, -0.1) is 0 Å². The molecule has 0 amide bonds. The van der Waals surface area contributed by atoms with Crippen LogP contribution in [0.2, 0.25) is 5.02 Å². The Bertz CT molecular complexity index is 951. The first-order valence-corrected chi connectivity index (χ1v) is 10.7.